The van der Waals surface area contributed by atoms with Gasteiger partial charge >= 0.3 is 0 Å². The zero-order valence-corrected chi connectivity index (χ0v) is 13.1. The van der Waals surface area contributed by atoms with Gasteiger partial charge in [0.25, 0.3) is 0 Å². The summed E-state index contributed by atoms with van der Waals surface area (Å²) in [6.07, 6.45) is 0. The molecule has 2 aromatic rings. The zero-order valence-electron chi connectivity index (χ0n) is 10.7. The molecule has 0 amide bonds. The van der Waals surface area contributed by atoms with Gasteiger partial charge in [0.05, 0.1) is 4.20 Å². The van der Waals surface area contributed by atoms with E-state index in [4.69, 9.17) is 23.8 Å². The van der Waals surface area contributed by atoms with Crippen LogP contribution < -0.4 is 0 Å². The SMILES string of the molecule is CC(CSC(=S)c1ccccc1Cl)c1ccccc1. The molecule has 0 heterocycles. The maximum atomic E-state index is 6.15. The lowest BCUT2D eigenvalue weighted by Gasteiger charge is -2.12. The van der Waals surface area contributed by atoms with Crippen molar-refractivity contribution in [3.05, 3.63) is 70.7 Å². The molecule has 0 radical (unpaired) electrons. The first-order valence-electron chi connectivity index (χ1n) is 6.15. The quantitative estimate of drug-likeness (QED) is 0.679. The van der Waals surface area contributed by atoms with E-state index in [1.54, 1.807) is 11.8 Å². The summed E-state index contributed by atoms with van der Waals surface area (Å²) in [5.74, 6) is 1.44. The van der Waals surface area contributed by atoms with Gasteiger partial charge in [0.1, 0.15) is 0 Å². The van der Waals surface area contributed by atoms with Crippen LogP contribution in [0, 0.1) is 0 Å². The Hall–Kier alpha value is -0.830. The molecule has 2 rings (SSSR count). The van der Waals surface area contributed by atoms with E-state index < -0.39 is 0 Å². The summed E-state index contributed by atoms with van der Waals surface area (Å²) in [4.78, 5) is 0. The molecule has 0 spiro atoms. The van der Waals surface area contributed by atoms with Gasteiger partial charge in [-0.15, -0.1) is 11.8 Å². The summed E-state index contributed by atoms with van der Waals surface area (Å²) < 4.78 is 0.869. The first-order valence-corrected chi connectivity index (χ1v) is 7.92. The van der Waals surface area contributed by atoms with Gasteiger partial charge < -0.3 is 0 Å². The van der Waals surface area contributed by atoms with Crippen molar-refractivity contribution in [2.24, 2.45) is 0 Å². The van der Waals surface area contributed by atoms with Crippen molar-refractivity contribution in [3.63, 3.8) is 0 Å². The Morgan fingerprint density at radius 1 is 1.11 bits per heavy atom. The lowest BCUT2D eigenvalue weighted by atomic mass is 10.0. The van der Waals surface area contributed by atoms with Crippen LogP contribution in [0.4, 0.5) is 0 Å². The third-order valence-corrected chi connectivity index (χ3v) is 4.98. The molecular formula is C16H15ClS2. The molecule has 98 valence electrons. The van der Waals surface area contributed by atoms with Gasteiger partial charge in [0.15, 0.2) is 0 Å². The van der Waals surface area contributed by atoms with Gasteiger partial charge in [-0.3, -0.25) is 0 Å². The second-order valence-electron chi connectivity index (χ2n) is 4.39. The van der Waals surface area contributed by atoms with Crippen molar-refractivity contribution >= 4 is 39.8 Å². The van der Waals surface area contributed by atoms with Gasteiger partial charge in [0.2, 0.25) is 0 Å². The smallest absolute Gasteiger partial charge is 0.0793 e. The van der Waals surface area contributed by atoms with Crippen LogP contribution in [0.1, 0.15) is 24.0 Å². The first kappa shape index (κ1) is 14.6. The predicted octanol–water partition coefficient (Wildman–Crippen LogP) is 5.55. The fourth-order valence-corrected chi connectivity index (χ4v) is 3.43. The maximum Gasteiger partial charge on any atom is 0.0793 e. The molecule has 0 aromatic heterocycles. The highest BCUT2D eigenvalue weighted by Gasteiger charge is 2.10. The maximum absolute atomic E-state index is 6.15. The van der Waals surface area contributed by atoms with Crippen LogP contribution in [0.25, 0.3) is 0 Å². The Morgan fingerprint density at radius 2 is 1.74 bits per heavy atom. The highest BCUT2D eigenvalue weighted by molar-refractivity contribution is 8.23. The van der Waals surface area contributed by atoms with Gasteiger partial charge in [0, 0.05) is 16.3 Å². The molecule has 1 unspecified atom stereocenters. The highest BCUT2D eigenvalue weighted by Crippen LogP contribution is 2.26. The fourth-order valence-electron chi connectivity index (χ4n) is 1.78. The van der Waals surface area contributed by atoms with E-state index in [9.17, 15) is 0 Å². The average molecular weight is 307 g/mol. The topological polar surface area (TPSA) is 0 Å². The molecule has 0 N–H and O–H groups in total. The highest BCUT2D eigenvalue weighted by atomic mass is 35.5. The lowest BCUT2D eigenvalue weighted by molar-refractivity contribution is 0.883. The first-order chi connectivity index (χ1) is 9.18. The predicted molar refractivity (Wildman–Crippen MR) is 90.5 cm³/mol. The molecule has 0 saturated heterocycles. The summed E-state index contributed by atoms with van der Waals surface area (Å²) in [5.41, 5.74) is 2.31. The van der Waals surface area contributed by atoms with E-state index in [2.05, 4.69) is 31.2 Å². The minimum atomic E-state index is 0.478. The van der Waals surface area contributed by atoms with E-state index in [0.29, 0.717) is 5.92 Å². The molecule has 0 fully saturated rings. The molecule has 0 bridgehead atoms. The van der Waals surface area contributed by atoms with Crippen molar-refractivity contribution < 1.29 is 0 Å². The molecule has 3 heteroatoms. The number of hydrogen-bond donors (Lipinski definition) is 0. The third-order valence-electron chi connectivity index (χ3n) is 2.93. The van der Waals surface area contributed by atoms with Gasteiger partial charge in [-0.05, 0) is 17.5 Å². The number of benzene rings is 2. The lowest BCUT2D eigenvalue weighted by Crippen LogP contribution is -2.01. The number of hydrogen-bond acceptors (Lipinski definition) is 2. The van der Waals surface area contributed by atoms with Crippen molar-refractivity contribution in [2.75, 3.05) is 5.75 Å². The number of halogens is 1. The number of rotatable bonds is 4. The Balaban J connectivity index is 1.96. The van der Waals surface area contributed by atoms with Crippen LogP contribution in [-0.2, 0) is 0 Å². The second kappa shape index (κ2) is 7.09. The Morgan fingerprint density at radius 3 is 2.42 bits per heavy atom. The summed E-state index contributed by atoms with van der Waals surface area (Å²) in [7, 11) is 0. The normalized spacial score (nSPS) is 12.1. The fraction of sp³-hybridized carbons (Fsp3) is 0.188. The van der Waals surface area contributed by atoms with Crippen LogP contribution >= 0.6 is 35.6 Å². The van der Waals surface area contributed by atoms with Crippen molar-refractivity contribution in [1.29, 1.82) is 0 Å². The van der Waals surface area contributed by atoms with Crippen molar-refractivity contribution in [1.82, 2.24) is 0 Å². The summed E-state index contributed by atoms with van der Waals surface area (Å²) in [5, 5.41) is 0.729. The second-order valence-corrected chi connectivity index (χ2v) is 6.49. The van der Waals surface area contributed by atoms with Crippen LogP contribution in [0.2, 0.25) is 5.02 Å². The Labute approximate surface area is 129 Å². The third kappa shape index (κ3) is 4.07. The van der Waals surface area contributed by atoms with Crippen LogP contribution in [-0.4, -0.2) is 9.95 Å². The van der Waals surface area contributed by atoms with E-state index in [1.165, 1.54) is 5.56 Å². The summed E-state index contributed by atoms with van der Waals surface area (Å²) >= 11 is 13.3. The Bertz CT molecular complexity index is 552. The van der Waals surface area contributed by atoms with Gasteiger partial charge in [-0.2, -0.15) is 0 Å². The van der Waals surface area contributed by atoms with E-state index in [0.717, 1.165) is 20.5 Å². The molecule has 1 atom stereocenters. The van der Waals surface area contributed by atoms with E-state index in [1.807, 2.05) is 30.3 Å². The minimum absolute atomic E-state index is 0.478. The van der Waals surface area contributed by atoms with Crippen molar-refractivity contribution in [3.8, 4) is 0 Å². The molecule has 0 aliphatic heterocycles. The number of thiocarbonyl (C=S) groups is 1. The Kier molecular flexibility index (Phi) is 5.44. The zero-order chi connectivity index (χ0) is 13.7. The van der Waals surface area contributed by atoms with Crippen molar-refractivity contribution in [2.45, 2.75) is 12.8 Å². The van der Waals surface area contributed by atoms with Crippen LogP contribution in [0.3, 0.4) is 0 Å². The summed E-state index contributed by atoms with van der Waals surface area (Å²) in [6, 6.07) is 18.2. The largest absolute Gasteiger partial charge is 0.113 e. The van der Waals surface area contributed by atoms with Gasteiger partial charge in [-0.25, -0.2) is 0 Å². The van der Waals surface area contributed by atoms with Crippen LogP contribution in [0.15, 0.2) is 54.6 Å². The standard InChI is InChI=1S/C16H15ClS2/c1-12(13-7-3-2-4-8-13)11-19-16(18)14-9-5-6-10-15(14)17/h2-10,12H,11H2,1H3. The minimum Gasteiger partial charge on any atom is -0.113 e. The number of thioether (sulfide) groups is 1. The molecule has 19 heavy (non-hydrogen) atoms. The molecule has 0 nitrogen and oxygen atoms in total. The van der Waals surface area contributed by atoms with E-state index in [-0.39, 0.29) is 0 Å². The molecular weight excluding hydrogens is 292 g/mol. The van der Waals surface area contributed by atoms with Crippen LogP contribution in [0.5, 0.6) is 0 Å². The van der Waals surface area contributed by atoms with E-state index >= 15 is 0 Å². The molecule has 0 aliphatic carbocycles. The molecule has 0 saturated carbocycles. The molecule has 0 aliphatic rings. The monoisotopic (exact) mass is 306 g/mol. The van der Waals surface area contributed by atoms with Gasteiger partial charge in [-0.1, -0.05) is 79.3 Å². The average Bonchev–Trinajstić information content (AvgIpc) is 2.46. The molecule has 2 aromatic carbocycles. The summed E-state index contributed by atoms with van der Waals surface area (Å²) in [6.45, 7) is 2.22.